The Morgan fingerprint density at radius 3 is 2.23 bits per heavy atom. The zero-order chi connectivity index (χ0) is 23.4. The number of carbonyl (C=O) groups excluding carboxylic acids is 3. The molecule has 0 bridgehead atoms. The molecule has 0 unspecified atom stereocenters. The standard InChI is InChI=1S/C24H38N2O4/c1-11-12-26(19(27)13-15(2)14-24(6,7)8)18(5)22(28)20-16(3)21(23(29)30-10)25(9)17(20)4/h11,15,18H,1,12-14H2,2-10H3/t15-,18+/m0/s1. The Morgan fingerprint density at radius 2 is 1.77 bits per heavy atom. The van der Waals surface area contributed by atoms with E-state index in [4.69, 9.17) is 4.74 Å². The summed E-state index contributed by atoms with van der Waals surface area (Å²) in [6.07, 6.45) is 2.94. The number of Topliss-reactive ketones (excluding diaryl/α,β-unsaturated/α-hetero) is 1. The number of rotatable bonds is 9. The Labute approximate surface area is 181 Å². The van der Waals surface area contributed by atoms with Crippen LogP contribution in [0.2, 0.25) is 0 Å². The average Bonchev–Trinajstić information content (AvgIpc) is 2.85. The van der Waals surface area contributed by atoms with Crippen molar-refractivity contribution in [3.8, 4) is 0 Å². The Morgan fingerprint density at radius 1 is 1.20 bits per heavy atom. The van der Waals surface area contributed by atoms with Crippen LogP contribution >= 0.6 is 0 Å². The van der Waals surface area contributed by atoms with Crippen LogP contribution in [0.15, 0.2) is 12.7 Å². The summed E-state index contributed by atoms with van der Waals surface area (Å²) < 4.78 is 6.54. The minimum atomic E-state index is -0.664. The van der Waals surface area contributed by atoms with Crippen LogP contribution in [0, 0.1) is 25.2 Å². The van der Waals surface area contributed by atoms with E-state index in [1.807, 2.05) is 0 Å². The zero-order valence-electron chi connectivity index (χ0n) is 20.1. The summed E-state index contributed by atoms with van der Waals surface area (Å²) in [5.74, 6) is -0.528. The molecule has 0 radical (unpaired) electrons. The Balaban J connectivity index is 3.20. The van der Waals surface area contributed by atoms with Crippen molar-refractivity contribution in [3.05, 3.63) is 35.2 Å². The molecule has 0 fully saturated rings. The highest BCUT2D eigenvalue weighted by Crippen LogP contribution is 2.28. The fourth-order valence-corrected chi connectivity index (χ4v) is 4.22. The molecule has 168 valence electrons. The number of methoxy groups -OCH3 is 1. The number of esters is 1. The number of aromatic nitrogens is 1. The number of amides is 1. The molecule has 0 N–H and O–H groups in total. The van der Waals surface area contributed by atoms with Crippen molar-refractivity contribution in [1.29, 1.82) is 0 Å². The number of hydrogen-bond donors (Lipinski definition) is 0. The van der Waals surface area contributed by atoms with Crippen molar-refractivity contribution in [3.63, 3.8) is 0 Å². The third-order valence-electron chi connectivity index (χ3n) is 5.53. The van der Waals surface area contributed by atoms with E-state index in [1.54, 1.807) is 43.4 Å². The van der Waals surface area contributed by atoms with Gasteiger partial charge in [0.2, 0.25) is 5.91 Å². The van der Waals surface area contributed by atoms with Crippen LogP contribution in [0.4, 0.5) is 0 Å². The molecule has 1 amide bonds. The van der Waals surface area contributed by atoms with E-state index in [9.17, 15) is 14.4 Å². The molecule has 0 spiro atoms. The highest BCUT2D eigenvalue weighted by atomic mass is 16.5. The van der Waals surface area contributed by atoms with Gasteiger partial charge in [0.1, 0.15) is 5.69 Å². The number of nitrogens with zero attached hydrogens (tertiary/aromatic N) is 2. The van der Waals surface area contributed by atoms with E-state index in [0.717, 1.165) is 6.42 Å². The van der Waals surface area contributed by atoms with Crippen LogP contribution in [0.5, 0.6) is 0 Å². The summed E-state index contributed by atoms with van der Waals surface area (Å²) in [6, 6.07) is -0.664. The van der Waals surface area contributed by atoms with Gasteiger partial charge in [0, 0.05) is 31.3 Å². The van der Waals surface area contributed by atoms with Crippen LogP contribution in [-0.2, 0) is 16.6 Å². The first-order chi connectivity index (χ1) is 13.8. The van der Waals surface area contributed by atoms with Gasteiger partial charge in [-0.1, -0.05) is 33.8 Å². The number of carbonyl (C=O) groups is 3. The predicted molar refractivity (Wildman–Crippen MR) is 120 cm³/mol. The lowest BCUT2D eigenvalue weighted by Gasteiger charge is -2.30. The lowest BCUT2D eigenvalue weighted by molar-refractivity contribution is -0.133. The number of ketones is 1. The third-order valence-corrected chi connectivity index (χ3v) is 5.53. The first-order valence-corrected chi connectivity index (χ1v) is 10.5. The fraction of sp³-hybridized carbons (Fsp3) is 0.625. The molecule has 1 heterocycles. The van der Waals surface area contributed by atoms with Gasteiger partial charge in [0.05, 0.1) is 13.2 Å². The second-order valence-corrected chi connectivity index (χ2v) is 9.43. The minimum Gasteiger partial charge on any atom is -0.464 e. The van der Waals surface area contributed by atoms with Crippen LogP contribution in [-0.4, -0.2) is 46.8 Å². The number of hydrogen-bond acceptors (Lipinski definition) is 4. The summed E-state index contributed by atoms with van der Waals surface area (Å²) in [5.41, 5.74) is 2.20. The van der Waals surface area contributed by atoms with Crippen molar-refractivity contribution in [2.75, 3.05) is 13.7 Å². The van der Waals surface area contributed by atoms with Gasteiger partial charge < -0.3 is 14.2 Å². The summed E-state index contributed by atoms with van der Waals surface area (Å²) >= 11 is 0. The Hall–Kier alpha value is -2.37. The second-order valence-electron chi connectivity index (χ2n) is 9.43. The lowest BCUT2D eigenvalue weighted by Crippen LogP contribution is -2.44. The fourth-order valence-electron chi connectivity index (χ4n) is 4.22. The van der Waals surface area contributed by atoms with E-state index in [0.29, 0.717) is 35.5 Å². The molecule has 6 heteroatoms. The van der Waals surface area contributed by atoms with Gasteiger partial charge in [-0.3, -0.25) is 9.59 Å². The maximum absolute atomic E-state index is 13.4. The summed E-state index contributed by atoms with van der Waals surface area (Å²) in [7, 11) is 3.05. The predicted octanol–water partition coefficient (Wildman–Crippen LogP) is 4.48. The molecule has 1 aromatic heterocycles. The zero-order valence-corrected chi connectivity index (χ0v) is 20.1. The lowest BCUT2D eigenvalue weighted by atomic mass is 9.84. The van der Waals surface area contributed by atoms with Gasteiger partial charge >= 0.3 is 5.97 Å². The molecule has 1 rings (SSSR count). The molecule has 0 aliphatic rings. The van der Waals surface area contributed by atoms with Crippen molar-refractivity contribution >= 4 is 17.7 Å². The van der Waals surface area contributed by atoms with Crippen LogP contribution in [0.25, 0.3) is 0 Å². The van der Waals surface area contributed by atoms with Gasteiger partial charge in [-0.2, -0.15) is 0 Å². The van der Waals surface area contributed by atoms with Crippen molar-refractivity contribution in [1.82, 2.24) is 9.47 Å². The van der Waals surface area contributed by atoms with Gasteiger partial charge in [-0.05, 0) is 44.1 Å². The van der Waals surface area contributed by atoms with Gasteiger partial charge in [0.15, 0.2) is 5.78 Å². The molecule has 0 saturated heterocycles. The van der Waals surface area contributed by atoms with Crippen LogP contribution < -0.4 is 0 Å². The first-order valence-electron chi connectivity index (χ1n) is 10.5. The van der Waals surface area contributed by atoms with E-state index in [1.165, 1.54) is 7.11 Å². The molecule has 0 aliphatic heterocycles. The molecule has 0 aromatic carbocycles. The highest BCUT2D eigenvalue weighted by Gasteiger charge is 2.32. The van der Waals surface area contributed by atoms with Crippen molar-refractivity contribution < 1.29 is 19.1 Å². The van der Waals surface area contributed by atoms with E-state index >= 15 is 0 Å². The smallest absolute Gasteiger partial charge is 0.354 e. The minimum absolute atomic E-state index is 0.0630. The average molecular weight is 419 g/mol. The molecule has 6 nitrogen and oxygen atoms in total. The Bertz CT molecular complexity index is 814. The van der Waals surface area contributed by atoms with Gasteiger partial charge in [0.25, 0.3) is 0 Å². The third kappa shape index (κ3) is 5.83. The van der Waals surface area contributed by atoms with E-state index < -0.39 is 12.0 Å². The molecular formula is C24H38N2O4. The largest absolute Gasteiger partial charge is 0.464 e. The Kier molecular flexibility index (Phi) is 8.64. The maximum atomic E-state index is 13.4. The summed E-state index contributed by atoms with van der Waals surface area (Å²) in [4.78, 5) is 40.2. The molecule has 2 atom stereocenters. The topological polar surface area (TPSA) is 68.6 Å². The summed E-state index contributed by atoms with van der Waals surface area (Å²) in [6.45, 7) is 17.8. The SMILES string of the molecule is C=CCN(C(=O)C[C@H](C)CC(C)(C)C)[C@H](C)C(=O)c1c(C)c(C(=O)OC)n(C)c1C. The number of ether oxygens (including phenoxy) is 1. The maximum Gasteiger partial charge on any atom is 0.354 e. The quantitative estimate of drug-likeness (QED) is 0.337. The second kappa shape index (κ2) is 10.1. The van der Waals surface area contributed by atoms with E-state index in [-0.39, 0.29) is 23.0 Å². The van der Waals surface area contributed by atoms with E-state index in [2.05, 4.69) is 34.3 Å². The molecular weight excluding hydrogens is 380 g/mol. The molecule has 1 aromatic rings. The van der Waals surface area contributed by atoms with Gasteiger partial charge in [-0.25, -0.2) is 4.79 Å². The van der Waals surface area contributed by atoms with Gasteiger partial charge in [-0.15, -0.1) is 6.58 Å². The monoisotopic (exact) mass is 418 g/mol. The molecule has 30 heavy (non-hydrogen) atoms. The normalized spacial score (nSPS) is 13.5. The van der Waals surface area contributed by atoms with Crippen LogP contribution in [0.3, 0.4) is 0 Å². The van der Waals surface area contributed by atoms with Crippen molar-refractivity contribution in [2.24, 2.45) is 18.4 Å². The molecule has 0 aliphatic carbocycles. The highest BCUT2D eigenvalue weighted by molar-refractivity contribution is 6.06. The first kappa shape index (κ1) is 25.7. The van der Waals surface area contributed by atoms with Crippen LogP contribution in [0.1, 0.15) is 79.6 Å². The molecule has 0 saturated carbocycles. The van der Waals surface area contributed by atoms with Crippen molar-refractivity contribution in [2.45, 2.75) is 67.3 Å². The summed E-state index contributed by atoms with van der Waals surface area (Å²) in [5, 5.41) is 0.